The molecule has 0 atom stereocenters. The van der Waals surface area contributed by atoms with Crippen molar-refractivity contribution in [3.63, 3.8) is 0 Å². The van der Waals surface area contributed by atoms with Gasteiger partial charge in [-0.05, 0) is 184 Å². The molecule has 0 unspecified atom stereocenters. The summed E-state index contributed by atoms with van der Waals surface area (Å²) >= 11 is 1.96. The highest BCUT2D eigenvalue weighted by Gasteiger charge is 2.60. The molecule has 3 aliphatic carbocycles. The first-order valence-corrected chi connectivity index (χ1v) is 31.2. The van der Waals surface area contributed by atoms with E-state index in [9.17, 15) is 0 Å². The van der Waals surface area contributed by atoms with Gasteiger partial charge in [-0.25, -0.2) is 0 Å². The zero-order chi connectivity index (χ0) is 57.9. The van der Waals surface area contributed by atoms with Crippen LogP contribution in [0.3, 0.4) is 0 Å². The predicted octanol–water partition coefficient (Wildman–Crippen LogP) is 19.1. The molecular weight excluding hydrogens is 1040 g/mol. The zero-order valence-electron chi connectivity index (χ0n) is 50.8. The molecule has 0 bridgehead atoms. The molecule has 5 heteroatoms. The standard InChI is InChI=1S/C79H71BN2OS/c1-46-40-56-54-23-15-17-25-59(54)79(72(56)84-46)62-28-20-18-26-60(62)78(61-27-19-21-29-63(61)79)58-24-16-14-22-53(58)55-44-57-69(45-64(55)78)83-73-71(57)82(52-37-32-48(33-38-52)75(5,6)7)68-43-50(77(11,12)13)42-67-70(68)80(73)65-39-34-49(76(8,9)10)41-66(65)81(67)51-35-30-47(31-36-51)74(2,3)4/h14-45H,1-13H3. The van der Waals surface area contributed by atoms with Crippen LogP contribution in [0.2, 0.25) is 0 Å². The Bertz CT molecular complexity index is 4570. The number of hydrogen-bond donors (Lipinski definition) is 0. The normalized spacial score (nSPS) is 17.8. The number of benzene rings is 9. The van der Waals surface area contributed by atoms with Crippen molar-refractivity contribution in [2.75, 3.05) is 9.80 Å². The number of thiophene rings is 1. The summed E-state index contributed by atoms with van der Waals surface area (Å²) in [5.41, 5.74) is 29.7. The van der Waals surface area contributed by atoms with Crippen molar-refractivity contribution < 1.29 is 4.42 Å². The Balaban J connectivity index is 1.01. The van der Waals surface area contributed by atoms with E-state index >= 15 is 0 Å². The van der Waals surface area contributed by atoms with E-state index in [4.69, 9.17) is 4.42 Å². The molecule has 0 saturated heterocycles. The molecule has 84 heavy (non-hydrogen) atoms. The zero-order valence-corrected chi connectivity index (χ0v) is 51.6. The molecule has 2 aromatic heterocycles. The van der Waals surface area contributed by atoms with Gasteiger partial charge in [0.05, 0.1) is 22.2 Å². The number of aryl methyl sites for hydroxylation is 1. The maximum atomic E-state index is 7.98. The summed E-state index contributed by atoms with van der Waals surface area (Å²) in [6, 6.07) is 76.1. The molecule has 0 saturated carbocycles. The molecule has 2 spiro atoms. The maximum absolute atomic E-state index is 7.98. The van der Waals surface area contributed by atoms with Gasteiger partial charge in [-0.3, -0.25) is 0 Å². The fourth-order valence-corrected chi connectivity index (χ4v) is 17.0. The van der Waals surface area contributed by atoms with Crippen molar-refractivity contribution in [2.24, 2.45) is 0 Å². The van der Waals surface area contributed by atoms with Gasteiger partial charge in [0.2, 0.25) is 0 Å². The number of rotatable bonds is 2. The Morgan fingerprint density at radius 2 is 0.845 bits per heavy atom. The van der Waals surface area contributed by atoms with Gasteiger partial charge in [0.25, 0.3) is 6.71 Å². The molecule has 9 aromatic carbocycles. The maximum Gasteiger partial charge on any atom is 0.297 e. The molecule has 0 fully saturated rings. The third-order valence-corrected chi connectivity index (χ3v) is 21.0. The van der Waals surface area contributed by atoms with Crippen LogP contribution in [-0.4, -0.2) is 6.71 Å². The van der Waals surface area contributed by atoms with Crippen molar-refractivity contribution in [3.8, 4) is 22.3 Å². The van der Waals surface area contributed by atoms with Gasteiger partial charge in [-0.15, -0.1) is 11.3 Å². The van der Waals surface area contributed by atoms with Gasteiger partial charge in [0.1, 0.15) is 5.58 Å². The highest BCUT2D eigenvalue weighted by atomic mass is 32.1. The van der Waals surface area contributed by atoms with Gasteiger partial charge in [0.15, 0.2) is 0 Å². The first-order valence-electron chi connectivity index (χ1n) is 30.4. The lowest BCUT2D eigenvalue weighted by molar-refractivity contribution is 0.589. The number of nitrogens with zero attached hydrogens (tertiary/aromatic N) is 2. The highest BCUT2D eigenvalue weighted by Crippen LogP contribution is 2.69. The van der Waals surface area contributed by atoms with Crippen LogP contribution < -0.4 is 26.4 Å². The quantitative estimate of drug-likeness (QED) is 0.161. The molecule has 3 nitrogen and oxygen atoms in total. The van der Waals surface area contributed by atoms with Gasteiger partial charge >= 0.3 is 0 Å². The lowest BCUT2D eigenvalue weighted by Crippen LogP contribution is -2.61. The van der Waals surface area contributed by atoms with Crippen LogP contribution in [0.1, 0.15) is 154 Å². The van der Waals surface area contributed by atoms with Crippen LogP contribution in [0, 0.1) is 6.92 Å². The molecular formula is C79H71BN2OS. The minimum absolute atomic E-state index is 0.0122. The number of hydrogen-bond acceptors (Lipinski definition) is 4. The number of anilines is 6. The van der Waals surface area contributed by atoms with E-state index in [0.717, 1.165) is 33.7 Å². The predicted molar refractivity (Wildman–Crippen MR) is 356 cm³/mol. The second-order valence-electron chi connectivity index (χ2n) is 28.9. The Morgan fingerprint density at radius 1 is 0.393 bits per heavy atom. The van der Waals surface area contributed by atoms with Crippen molar-refractivity contribution in [1.29, 1.82) is 0 Å². The van der Waals surface area contributed by atoms with E-state index < -0.39 is 10.8 Å². The van der Waals surface area contributed by atoms with Crippen molar-refractivity contribution in [1.82, 2.24) is 0 Å². The van der Waals surface area contributed by atoms with E-state index in [-0.39, 0.29) is 28.4 Å². The van der Waals surface area contributed by atoms with Crippen LogP contribution in [0.4, 0.5) is 34.1 Å². The van der Waals surface area contributed by atoms with E-state index in [1.807, 2.05) is 11.3 Å². The van der Waals surface area contributed by atoms with E-state index in [1.165, 1.54) is 121 Å². The van der Waals surface area contributed by atoms with Crippen LogP contribution >= 0.6 is 11.3 Å². The molecule has 412 valence electrons. The summed E-state index contributed by atoms with van der Waals surface area (Å²) in [6.45, 7) is 30.0. The van der Waals surface area contributed by atoms with Gasteiger partial charge in [-0.2, -0.15) is 0 Å². The summed E-state index contributed by atoms with van der Waals surface area (Å²) in [5, 5.41) is 1.12. The third-order valence-electron chi connectivity index (χ3n) is 19.8. The molecule has 5 aliphatic rings. The third kappa shape index (κ3) is 6.76. The Morgan fingerprint density at radius 3 is 1.39 bits per heavy atom. The van der Waals surface area contributed by atoms with Crippen LogP contribution in [0.5, 0.6) is 0 Å². The summed E-state index contributed by atoms with van der Waals surface area (Å²) in [6.07, 6.45) is 0. The summed E-state index contributed by atoms with van der Waals surface area (Å²) in [7, 11) is 0. The van der Waals surface area contributed by atoms with Crippen LogP contribution in [-0.2, 0) is 32.5 Å². The van der Waals surface area contributed by atoms with E-state index in [1.54, 1.807) is 0 Å². The molecule has 2 aliphatic heterocycles. The number of fused-ring (bicyclic) bond motifs is 22. The van der Waals surface area contributed by atoms with Crippen molar-refractivity contribution in [3.05, 3.63) is 265 Å². The molecule has 4 heterocycles. The topological polar surface area (TPSA) is 19.6 Å². The molecule has 0 N–H and O–H groups in total. The minimum atomic E-state index is -0.653. The van der Waals surface area contributed by atoms with Gasteiger partial charge in [0, 0.05) is 43.6 Å². The average Bonchev–Trinajstić information content (AvgIpc) is 1.42. The Hall–Kier alpha value is -8.12. The highest BCUT2D eigenvalue weighted by molar-refractivity contribution is 7.12. The van der Waals surface area contributed by atoms with E-state index in [0.29, 0.717) is 0 Å². The molecule has 0 radical (unpaired) electrons. The lowest BCUT2D eigenvalue weighted by Gasteiger charge is -2.48. The fraction of sp³-hybridized carbons (Fsp3) is 0.241. The largest absolute Gasteiger partial charge is 0.468 e. The Kier molecular flexibility index (Phi) is 10.5. The first kappa shape index (κ1) is 51.5. The first-order chi connectivity index (χ1) is 40.1. The average molecular weight is 1110 g/mol. The molecule has 0 amide bonds. The van der Waals surface area contributed by atoms with Crippen molar-refractivity contribution in [2.45, 2.75) is 122 Å². The van der Waals surface area contributed by atoms with Crippen LogP contribution in [0.15, 0.2) is 199 Å². The summed E-state index contributed by atoms with van der Waals surface area (Å²) in [4.78, 5) is 7.93. The van der Waals surface area contributed by atoms with Crippen LogP contribution in [0.25, 0.3) is 33.2 Å². The van der Waals surface area contributed by atoms with Gasteiger partial charge in [-0.1, -0.05) is 217 Å². The lowest BCUT2D eigenvalue weighted by atomic mass is 9.35. The molecule has 11 aromatic rings. The van der Waals surface area contributed by atoms with Crippen molar-refractivity contribution >= 4 is 79.7 Å². The van der Waals surface area contributed by atoms with E-state index in [2.05, 4.69) is 294 Å². The summed E-state index contributed by atoms with van der Waals surface area (Å²) in [5.74, 6) is 0. The number of furan rings is 1. The summed E-state index contributed by atoms with van der Waals surface area (Å²) < 4.78 is 7.98. The molecule has 16 rings (SSSR count). The smallest absolute Gasteiger partial charge is 0.297 e. The SMILES string of the molecule is Cc1cc2c(s1)C1(c3ccccc3-2)c2ccccc2C2(c3ccccc3-c3cc4c5c(oc4cc32)B2c3ccc(C(C)(C)C)cc3N(c3ccc(C(C)(C)C)cc3)c3cc(C(C)(C)C)cc(c32)N5c2ccc(C(C)(C)C)cc2)c2ccccc21. The second kappa shape index (κ2) is 17.0. The monoisotopic (exact) mass is 1110 g/mol. The fourth-order valence-electron chi connectivity index (χ4n) is 15.8. The van der Waals surface area contributed by atoms with Gasteiger partial charge < -0.3 is 14.2 Å². The Labute approximate surface area is 500 Å². The minimum Gasteiger partial charge on any atom is -0.468 e. The second-order valence-corrected chi connectivity index (χ2v) is 30.1.